The molecule has 3 rings (SSSR count). The van der Waals surface area contributed by atoms with Crippen molar-refractivity contribution in [3.05, 3.63) is 83.0 Å². The van der Waals surface area contributed by atoms with Crippen molar-refractivity contribution >= 4 is 35.4 Å². The Hall–Kier alpha value is -3.45. The molecule has 0 radical (unpaired) electrons. The van der Waals surface area contributed by atoms with E-state index in [9.17, 15) is 9.59 Å². The zero-order valence-electron chi connectivity index (χ0n) is 14.0. The third kappa shape index (κ3) is 5.26. The molecule has 2 heterocycles. The summed E-state index contributed by atoms with van der Waals surface area (Å²) in [6, 6.07) is 10.4. The van der Waals surface area contributed by atoms with E-state index in [1.54, 1.807) is 18.6 Å². The maximum Gasteiger partial charge on any atom is 0.354 e. The molecule has 0 aliphatic carbocycles. The molecule has 2 aromatic heterocycles. The Labute approximate surface area is 160 Å². The van der Waals surface area contributed by atoms with E-state index in [4.69, 9.17) is 16.7 Å². The van der Waals surface area contributed by atoms with Gasteiger partial charge in [0.2, 0.25) is 5.91 Å². The molecule has 2 N–H and O–H groups in total. The highest BCUT2D eigenvalue weighted by molar-refractivity contribution is 6.30. The van der Waals surface area contributed by atoms with E-state index in [1.807, 2.05) is 28.8 Å². The second-order valence-electron chi connectivity index (χ2n) is 5.67. The fourth-order valence-electron chi connectivity index (χ4n) is 2.33. The summed E-state index contributed by atoms with van der Waals surface area (Å²) in [7, 11) is 0. The maximum absolute atomic E-state index is 12.0. The molecule has 1 aromatic carbocycles. The number of halogens is 1. The van der Waals surface area contributed by atoms with Crippen molar-refractivity contribution in [2.75, 3.05) is 5.32 Å². The summed E-state index contributed by atoms with van der Waals surface area (Å²) in [6.07, 6.45) is 7.59. The van der Waals surface area contributed by atoms with Crippen LogP contribution in [0.4, 0.5) is 5.82 Å². The van der Waals surface area contributed by atoms with Crippen LogP contribution >= 0.6 is 11.6 Å². The first kappa shape index (κ1) is 18.3. The molecule has 3 aromatic rings. The molecule has 0 aliphatic heterocycles. The van der Waals surface area contributed by atoms with Crippen LogP contribution in [0.3, 0.4) is 0 Å². The van der Waals surface area contributed by atoms with Gasteiger partial charge in [-0.2, -0.15) is 0 Å². The van der Waals surface area contributed by atoms with Crippen molar-refractivity contribution in [3.8, 4) is 0 Å². The number of carboxylic acids is 1. The fraction of sp³-hybridized carbons (Fsp3) is 0.0526. The van der Waals surface area contributed by atoms with Gasteiger partial charge >= 0.3 is 5.97 Å². The quantitative estimate of drug-likeness (QED) is 0.637. The number of carbonyl (C=O) groups is 2. The van der Waals surface area contributed by atoms with Crippen LogP contribution in [-0.2, 0) is 11.3 Å². The molecule has 0 unspecified atom stereocenters. The van der Waals surface area contributed by atoms with Gasteiger partial charge in [0.15, 0.2) is 5.82 Å². The maximum atomic E-state index is 12.0. The average Bonchev–Trinajstić information content (AvgIpc) is 3.07. The Morgan fingerprint density at radius 3 is 2.78 bits per heavy atom. The van der Waals surface area contributed by atoms with Gasteiger partial charge in [-0.05, 0) is 35.4 Å². The number of nitrogens with zero attached hydrogens (tertiary/aromatic N) is 3. The molecule has 27 heavy (non-hydrogen) atoms. The minimum absolute atomic E-state index is 0.0538. The van der Waals surface area contributed by atoms with Crippen molar-refractivity contribution in [2.24, 2.45) is 0 Å². The summed E-state index contributed by atoms with van der Waals surface area (Å²) in [6.45, 7) is 0.584. The number of amides is 1. The third-order valence-corrected chi connectivity index (χ3v) is 3.81. The molecule has 0 saturated carbocycles. The van der Waals surface area contributed by atoms with Crippen molar-refractivity contribution < 1.29 is 14.7 Å². The van der Waals surface area contributed by atoms with Gasteiger partial charge < -0.3 is 15.0 Å². The molecule has 0 aliphatic rings. The molecular formula is C19H15ClN4O3. The van der Waals surface area contributed by atoms with Gasteiger partial charge in [-0.3, -0.25) is 4.79 Å². The number of anilines is 1. The van der Waals surface area contributed by atoms with Gasteiger partial charge in [0, 0.05) is 30.0 Å². The topological polar surface area (TPSA) is 97.1 Å². The summed E-state index contributed by atoms with van der Waals surface area (Å²) in [5.74, 6) is -1.03. The predicted octanol–water partition coefficient (Wildman–Crippen LogP) is 3.33. The van der Waals surface area contributed by atoms with Crippen LogP contribution in [0.15, 0.2) is 61.2 Å². The Bertz CT molecular complexity index is 996. The molecule has 0 bridgehead atoms. The largest absolute Gasteiger partial charge is 0.477 e. The summed E-state index contributed by atoms with van der Waals surface area (Å²) >= 11 is 5.97. The lowest BCUT2D eigenvalue weighted by Gasteiger charge is -2.02. The van der Waals surface area contributed by atoms with Crippen LogP contribution < -0.4 is 5.32 Å². The predicted molar refractivity (Wildman–Crippen MR) is 102 cm³/mol. The Morgan fingerprint density at radius 2 is 2.07 bits per heavy atom. The minimum atomic E-state index is -1.10. The second-order valence-corrected chi connectivity index (χ2v) is 6.10. The Kier molecular flexibility index (Phi) is 5.63. The highest BCUT2D eigenvalue weighted by atomic mass is 35.5. The average molecular weight is 383 g/mol. The number of hydrogen-bond acceptors (Lipinski definition) is 4. The van der Waals surface area contributed by atoms with Gasteiger partial charge in [0.1, 0.15) is 5.69 Å². The zero-order valence-corrected chi connectivity index (χ0v) is 14.8. The van der Waals surface area contributed by atoms with E-state index in [2.05, 4.69) is 15.3 Å². The van der Waals surface area contributed by atoms with E-state index in [1.165, 1.54) is 24.4 Å². The molecule has 0 saturated heterocycles. The SMILES string of the molecule is O=C(/C=C/c1ccc(C(=O)O)nc1)Nc1cn(Cc2cccc(Cl)c2)cn1. The van der Waals surface area contributed by atoms with E-state index in [0.717, 1.165) is 5.56 Å². The van der Waals surface area contributed by atoms with Crippen molar-refractivity contribution in [2.45, 2.75) is 6.54 Å². The smallest absolute Gasteiger partial charge is 0.354 e. The molecule has 7 nitrogen and oxygen atoms in total. The van der Waals surface area contributed by atoms with Gasteiger partial charge in [-0.25, -0.2) is 14.8 Å². The van der Waals surface area contributed by atoms with Gasteiger partial charge in [0.05, 0.1) is 6.33 Å². The molecule has 0 atom stereocenters. The van der Waals surface area contributed by atoms with E-state index in [0.29, 0.717) is 22.9 Å². The van der Waals surface area contributed by atoms with Crippen LogP contribution in [-0.4, -0.2) is 31.5 Å². The van der Waals surface area contributed by atoms with E-state index >= 15 is 0 Å². The summed E-state index contributed by atoms with van der Waals surface area (Å²) in [4.78, 5) is 30.7. The Morgan fingerprint density at radius 1 is 1.22 bits per heavy atom. The minimum Gasteiger partial charge on any atom is -0.477 e. The number of benzene rings is 1. The fourth-order valence-corrected chi connectivity index (χ4v) is 2.54. The summed E-state index contributed by atoms with van der Waals surface area (Å²) in [5, 5.41) is 12.1. The van der Waals surface area contributed by atoms with Gasteiger partial charge in [0.25, 0.3) is 0 Å². The first-order valence-electron chi connectivity index (χ1n) is 7.94. The number of aromatic carboxylic acids is 1. The molecule has 0 spiro atoms. The molecule has 0 fully saturated rings. The number of aromatic nitrogens is 3. The van der Waals surface area contributed by atoms with Crippen LogP contribution in [0.1, 0.15) is 21.6 Å². The van der Waals surface area contributed by atoms with Crippen molar-refractivity contribution in [1.82, 2.24) is 14.5 Å². The zero-order chi connectivity index (χ0) is 19.2. The monoisotopic (exact) mass is 382 g/mol. The van der Waals surface area contributed by atoms with Gasteiger partial charge in [-0.15, -0.1) is 0 Å². The van der Waals surface area contributed by atoms with Crippen LogP contribution in [0.5, 0.6) is 0 Å². The van der Waals surface area contributed by atoms with Crippen LogP contribution in [0.2, 0.25) is 5.02 Å². The first-order valence-corrected chi connectivity index (χ1v) is 8.32. The lowest BCUT2D eigenvalue weighted by molar-refractivity contribution is -0.111. The van der Waals surface area contributed by atoms with Crippen LogP contribution in [0.25, 0.3) is 6.08 Å². The lowest BCUT2D eigenvalue weighted by Crippen LogP contribution is -2.08. The van der Waals surface area contributed by atoms with Crippen molar-refractivity contribution in [3.63, 3.8) is 0 Å². The van der Waals surface area contributed by atoms with E-state index in [-0.39, 0.29) is 11.6 Å². The summed E-state index contributed by atoms with van der Waals surface area (Å²) < 4.78 is 1.83. The number of pyridine rings is 1. The molecule has 136 valence electrons. The summed E-state index contributed by atoms with van der Waals surface area (Å²) in [5.41, 5.74) is 1.58. The third-order valence-electron chi connectivity index (χ3n) is 3.57. The van der Waals surface area contributed by atoms with Gasteiger partial charge in [-0.1, -0.05) is 29.8 Å². The van der Waals surface area contributed by atoms with E-state index < -0.39 is 5.97 Å². The number of carboxylic acid groups (broad SMARTS) is 1. The normalized spacial score (nSPS) is 10.9. The molecule has 1 amide bonds. The first-order chi connectivity index (χ1) is 13.0. The highest BCUT2D eigenvalue weighted by Gasteiger charge is 2.04. The standard InChI is InChI=1S/C19H15ClN4O3/c20-15-3-1-2-14(8-15)10-24-11-17(22-12-24)23-18(25)7-5-13-4-6-16(19(26)27)21-9-13/h1-9,11-12H,10H2,(H,23,25)(H,26,27)/b7-5+. The number of rotatable bonds is 6. The number of imidazole rings is 1. The van der Waals surface area contributed by atoms with Crippen LogP contribution in [0, 0.1) is 0 Å². The number of hydrogen-bond donors (Lipinski definition) is 2. The second kappa shape index (κ2) is 8.29. The Balaban J connectivity index is 1.58. The number of carbonyl (C=O) groups excluding carboxylic acids is 1. The molecule has 8 heteroatoms. The van der Waals surface area contributed by atoms with Crippen molar-refractivity contribution in [1.29, 1.82) is 0 Å². The highest BCUT2D eigenvalue weighted by Crippen LogP contribution is 2.13. The molecular weight excluding hydrogens is 368 g/mol. The lowest BCUT2D eigenvalue weighted by atomic mass is 10.2. The number of nitrogens with one attached hydrogen (secondary N) is 1.